The van der Waals surface area contributed by atoms with Gasteiger partial charge < -0.3 is 15.8 Å². The molecule has 1 aliphatic rings. The number of nitrogens with one attached hydrogen (secondary N) is 1. The topological polar surface area (TPSA) is 64.3 Å². The fraction of sp³-hybridized carbons (Fsp3) is 0.889. The number of amides is 1. The molecule has 0 aliphatic heterocycles. The molecule has 4 nitrogen and oxygen atoms in total. The van der Waals surface area contributed by atoms with Gasteiger partial charge in [-0.05, 0) is 18.3 Å². The minimum Gasteiger partial charge on any atom is -0.370 e. The summed E-state index contributed by atoms with van der Waals surface area (Å²) in [6, 6.07) is 0. The zero-order valence-electron chi connectivity index (χ0n) is 8.30. The van der Waals surface area contributed by atoms with E-state index in [0.29, 0.717) is 5.41 Å². The van der Waals surface area contributed by atoms with E-state index in [-0.39, 0.29) is 12.5 Å². The van der Waals surface area contributed by atoms with Gasteiger partial charge in [-0.1, -0.05) is 6.92 Å². The van der Waals surface area contributed by atoms with E-state index >= 15 is 0 Å². The second-order valence-electron chi connectivity index (χ2n) is 3.99. The van der Waals surface area contributed by atoms with Crippen LogP contribution in [-0.4, -0.2) is 32.2 Å². The maximum absolute atomic E-state index is 11.4. The Bertz CT molecular complexity index is 186. The van der Waals surface area contributed by atoms with Crippen molar-refractivity contribution in [1.29, 1.82) is 0 Å². The van der Waals surface area contributed by atoms with Crippen molar-refractivity contribution in [1.82, 2.24) is 5.32 Å². The van der Waals surface area contributed by atoms with Crippen LogP contribution in [0.2, 0.25) is 0 Å². The maximum atomic E-state index is 11.4. The molecule has 1 fully saturated rings. The quantitative estimate of drug-likeness (QED) is 0.629. The minimum absolute atomic E-state index is 0.0990. The van der Waals surface area contributed by atoms with Gasteiger partial charge in [0.2, 0.25) is 5.91 Å². The number of hydrogen-bond acceptors (Lipinski definition) is 3. The van der Waals surface area contributed by atoms with Crippen LogP contribution >= 0.6 is 0 Å². The molecule has 0 spiro atoms. The fourth-order valence-corrected chi connectivity index (χ4v) is 1.11. The van der Waals surface area contributed by atoms with Crippen LogP contribution in [0.1, 0.15) is 19.8 Å². The molecule has 1 amide bonds. The minimum atomic E-state index is -0.498. The first kappa shape index (κ1) is 10.5. The molecule has 0 saturated heterocycles. The summed E-state index contributed by atoms with van der Waals surface area (Å²) in [5.74, 6) is -0.0990. The highest BCUT2D eigenvalue weighted by molar-refractivity contribution is 5.81. The first-order chi connectivity index (χ1) is 6.11. The standard InChI is InChI=1S/C9H18N2O2/c1-9(3-4-9)6-11-8(12)7(5-10)13-2/h7H,3-6,10H2,1-2H3,(H,11,12). The molecular formula is C9H18N2O2. The average Bonchev–Trinajstić information content (AvgIpc) is 2.84. The Kier molecular flexibility index (Phi) is 3.27. The molecule has 0 aromatic rings. The lowest BCUT2D eigenvalue weighted by Gasteiger charge is -2.15. The summed E-state index contributed by atoms with van der Waals surface area (Å²) in [5, 5.41) is 2.84. The van der Waals surface area contributed by atoms with E-state index in [1.165, 1.54) is 20.0 Å². The maximum Gasteiger partial charge on any atom is 0.250 e. The second kappa shape index (κ2) is 4.07. The number of carbonyl (C=O) groups is 1. The normalized spacial score (nSPS) is 20.8. The third-order valence-electron chi connectivity index (χ3n) is 2.58. The molecule has 0 aromatic carbocycles. The van der Waals surface area contributed by atoms with Gasteiger partial charge in [0, 0.05) is 20.2 Å². The highest BCUT2D eigenvalue weighted by atomic mass is 16.5. The summed E-state index contributed by atoms with van der Waals surface area (Å²) in [5.41, 5.74) is 5.69. The number of rotatable bonds is 5. The van der Waals surface area contributed by atoms with Gasteiger partial charge in [0.15, 0.2) is 0 Å². The van der Waals surface area contributed by atoms with Gasteiger partial charge in [-0.25, -0.2) is 0 Å². The molecule has 3 N–H and O–H groups in total. The molecule has 0 aromatic heterocycles. The molecule has 1 saturated carbocycles. The number of methoxy groups -OCH3 is 1. The summed E-state index contributed by atoms with van der Waals surface area (Å²) < 4.78 is 4.91. The van der Waals surface area contributed by atoms with E-state index in [2.05, 4.69) is 12.2 Å². The molecule has 13 heavy (non-hydrogen) atoms. The number of nitrogens with two attached hydrogens (primary N) is 1. The molecule has 1 atom stereocenters. The lowest BCUT2D eigenvalue weighted by atomic mass is 10.1. The van der Waals surface area contributed by atoms with Gasteiger partial charge in [-0.15, -0.1) is 0 Å². The van der Waals surface area contributed by atoms with Crippen LogP contribution in [0.25, 0.3) is 0 Å². The fourth-order valence-electron chi connectivity index (χ4n) is 1.11. The highest BCUT2D eigenvalue weighted by Crippen LogP contribution is 2.43. The van der Waals surface area contributed by atoms with E-state index in [4.69, 9.17) is 10.5 Å². The molecule has 1 unspecified atom stereocenters. The predicted octanol–water partition coefficient (Wildman–Crippen LogP) is -0.124. The molecular weight excluding hydrogens is 168 g/mol. The van der Waals surface area contributed by atoms with Crippen LogP contribution in [-0.2, 0) is 9.53 Å². The first-order valence-corrected chi connectivity index (χ1v) is 4.62. The SMILES string of the molecule is COC(CN)C(=O)NCC1(C)CC1. The Morgan fingerprint density at radius 1 is 1.69 bits per heavy atom. The lowest BCUT2D eigenvalue weighted by Crippen LogP contribution is -2.42. The number of hydrogen-bond donors (Lipinski definition) is 2. The van der Waals surface area contributed by atoms with Gasteiger partial charge in [0.1, 0.15) is 6.10 Å². The van der Waals surface area contributed by atoms with Crippen LogP contribution in [0.4, 0.5) is 0 Å². The van der Waals surface area contributed by atoms with Crippen LogP contribution in [0.3, 0.4) is 0 Å². The zero-order chi connectivity index (χ0) is 9.90. The van der Waals surface area contributed by atoms with Crippen molar-refractivity contribution in [2.45, 2.75) is 25.9 Å². The zero-order valence-corrected chi connectivity index (χ0v) is 8.30. The van der Waals surface area contributed by atoms with E-state index in [1.807, 2.05) is 0 Å². The van der Waals surface area contributed by atoms with Gasteiger partial charge >= 0.3 is 0 Å². The van der Waals surface area contributed by atoms with Crippen LogP contribution < -0.4 is 11.1 Å². The van der Waals surface area contributed by atoms with Crippen molar-refractivity contribution in [3.8, 4) is 0 Å². The molecule has 76 valence electrons. The molecule has 1 aliphatic carbocycles. The van der Waals surface area contributed by atoms with Crippen molar-refractivity contribution in [2.75, 3.05) is 20.2 Å². The lowest BCUT2D eigenvalue weighted by molar-refractivity contribution is -0.130. The molecule has 0 bridgehead atoms. The Morgan fingerprint density at radius 3 is 2.69 bits per heavy atom. The Morgan fingerprint density at radius 2 is 2.31 bits per heavy atom. The van der Waals surface area contributed by atoms with Gasteiger partial charge in [-0.3, -0.25) is 4.79 Å². The van der Waals surface area contributed by atoms with E-state index in [9.17, 15) is 4.79 Å². The van der Waals surface area contributed by atoms with E-state index < -0.39 is 6.10 Å². The summed E-state index contributed by atoms with van der Waals surface area (Å²) in [6.07, 6.45) is 1.91. The Hall–Kier alpha value is -0.610. The van der Waals surface area contributed by atoms with E-state index in [0.717, 1.165) is 6.54 Å². The third kappa shape index (κ3) is 2.97. The second-order valence-corrected chi connectivity index (χ2v) is 3.99. The Balaban J connectivity index is 2.23. The van der Waals surface area contributed by atoms with Gasteiger partial charge in [0.05, 0.1) is 0 Å². The smallest absolute Gasteiger partial charge is 0.250 e. The van der Waals surface area contributed by atoms with Crippen molar-refractivity contribution in [3.63, 3.8) is 0 Å². The molecule has 0 heterocycles. The summed E-state index contributed by atoms with van der Waals surface area (Å²) in [6.45, 7) is 3.14. The molecule has 1 rings (SSSR count). The average molecular weight is 186 g/mol. The van der Waals surface area contributed by atoms with Crippen LogP contribution in [0.15, 0.2) is 0 Å². The van der Waals surface area contributed by atoms with Gasteiger partial charge in [0.25, 0.3) is 0 Å². The van der Waals surface area contributed by atoms with Crippen molar-refractivity contribution in [3.05, 3.63) is 0 Å². The number of carbonyl (C=O) groups excluding carboxylic acids is 1. The predicted molar refractivity (Wildman–Crippen MR) is 50.2 cm³/mol. The monoisotopic (exact) mass is 186 g/mol. The van der Waals surface area contributed by atoms with Crippen LogP contribution in [0, 0.1) is 5.41 Å². The summed E-state index contributed by atoms with van der Waals surface area (Å²) in [4.78, 5) is 11.4. The largest absolute Gasteiger partial charge is 0.370 e. The summed E-state index contributed by atoms with van der Waals surface area (Å²) in [7, 11) is 1.50. The van der Waals surface area contributed by atoms with Crippen molar-refractivity contribution in [2.24, 2.45) is 11.1 Å². The van der Waals surface area contributed by atoms with Crippen LogP contribution in [0.5, 0.6) is 0 Å². The Labute approximate surface area is 78.8 Å². The highest BCUT2D eigenvalue weighted by Gasteiger charge is 2.37. The molecule has 0 radical (unpaired) electrons. The molecule has 4 heteroatoms. The van der Waals surface area contributed by atoms with Gasteiger partial charge in [-0.2, -0.15) is 0 Å². The summed E-state index contributed by atoms with van der Waals surface area (Å²) >= 11 is 0. The van der Waals surface area contributed by atoms with Crippen molar-refractivity contribution >= 4 is 5.91 Å². The van der Waals surface area contributed by atoms with Crippen molar-refractivity contribution < 1.29 is 9.53 Å². The van der Waals surface area contributed by atoms with E-state index in [1.54, 1.807) is 0 Å². The third-order valence-corrected chi connectivity index (χ3v) is 2.58. The first-order valence-electron chi connectivity index (χ1n) is 4.62. The number of ether oxygens (including phenoxy) is 1.